The number of nitriles is 1. The average Bonchev–Trinajstić information content (AvgIpc) is 2.85. The summed E-state index contributed by atoms with van der Waals surface area (Å²) in [5, 5.41) is 14.7. The molecule has 1 aromatic carbocycles. The van der Waals surface area contributed by atoms with Gasteiger partial charge in [0, 0.05) is 4.47 Å². The molecule has 1 aliphatic rings. The molecule has 1 atom stereocenters. The molecule has 1 heterocycles. The predicted molar refractivity (Wildman–Crippen MR) is 68.5 cm³/mol. The molecule has 1 unspecified atom stereocenters. The Balaban J connectivity index is 2.08. The highest BCUT2D eigenvalue weighted by Crippen LogP contribution is 2.24. The monoisotopic (exact) mass is 293 g/mol. The van der Waals surface area contributed by atoms with Crippen molar-refractivity contribution in [1.29, 1.82) is 5.26 Å². The molecule has 4 nitrogen and oxygen atoms in total. The van der Waals surface area contributed by atoms with Crippen molar-refractivity contribution >= 4 is 27.5 Å². The SMILES string of the molecule is N#Cc1ccc(NC(=O)C2CCCN2)c(Br)c1. The number of carbonyl (C=O) groups excluding carboxylic acids is 1. The molecule has 88 valence electrons. The van der Waals surface area contributed by atoms with Crippen LogP contribution in [0.15, 0.2) is 22.7 Å². The van der Waals surface area contributed by atoms with E-state index in [2.05, 4.69) is 26.6 Å². The second-order valence-electron chi connectivity index (χ2n) is 3.94. The number of halogens is 1. The minimum atomic E-state index is -0.0995. The first-order valence-electron chi connectivity index (χ1n) is 5.44. The lowest BCUT2D eigenvalue weighted by Crippen LogP contribution is -2.35. The largest absolute Gasteiger partial charge is 0.324 e. The number of hydrogen-bond acceptors (Lipinski definition) is 3. The molecule has 0 aromatic heterocycles. The maximum atomic E-state index is 11.9. The van der Waals surface area contributed by atoms with Crippen LogP contribution in [0.5, 0.6) is 0 Å². The van der Waals surface area contributed by atoms with Crippen molar-refractivity contribution in [2.45, 2.75) is 18.9 Å². The summed E-state index contributed by atoms with van der Waals surface area (Å²) in [6.45, 7) is 0.895. The van der Waals surface area contributed by atoms with Crippen molar-refractivity contribution in [3.05, 3.63) is 28.2 Å². The van der Waals surface area contributed by atoms with Gasteiger partial charge in [0.15, 0.2) is 0 Å². The van der Waals surface area contributed by atoms with Gasteiger partial charge in [0.05, 0.1) is 23.4 Å². The molecular formula is C12H12BrN3O. The summed E-state index contributed by atoms with van der Waals surface area (Å²) in [5.74, 6) is -0.0205. The highest BCUT2D eigenvalue weighted by Gasteiger charge is 2.22. The molecule has 0 bridgehead atoms. The van der Waals surface area contributed by atoms with Crippen LogP contribution in [0, 0.1) is 11.3 Å². The molecule has 1 aromatic rings. The summed E-state index contributed by atoms with van der Waals surface area (Å²) in [7, 11) is 0. The third-order valence-electron chi connectivity index (χ3n) is 2.73. The van der Waals surface area contributed by atoms with Gasteiger partial charge in [-0.25, -0.2) is 0 Å². The first kappa shape index (κ1) is 12.1. The summed E-state index contributed by atoms with van der Waals surface area (Å²) in [4.78, 5) is 11.9. The van der Waals surface area contributed by atoms with Crippen molar-refractivity contribution < 1.29 is 4.79 Å². The molecular weight excluding hydrogens is 282 g/mol. The van der Waals surface area contributed by atoms with Crippen molar-refractivity contribution in [2.75, 3.05) is 11.9 Å². The second-order valence-corrected chi connectivity index (χ2v) is 4.80. The summed E-state index contributed by atoms with van der Waals surface area (Å²) in [6.07, 6.45) is 1.91. The first-order chi connectivity index (χ1) is 8.20. The van der Waals surface area contributed by atoms with E-state index in [-0.39, 0.29) is 11.9 Å². The fraction of sp³-hybridized carbons (Fsp3) is 0.333. The average molecular weight is 294 g/mol. The number of rotatable bonds is 2. The third kappa shape index (κ3) is 2.84. The predicted octanol–water partition coefficient (Wildman–Crippen LogP) is 2.01. The second kappa shape index (κ2) is 5.30. The van der Waals surface area contributed by atoms with Crippen LogP contribution in [0.1, 0.15) is 18.4 Å². The molecule has 1 saturated heterocycles. The Kier molecular flexibility index (Phi) is 3.77. The lowest BCUT2D eigenvalue weighted by molar-refractivity contribution is -0.117. The molecule has 0 radical (unpaired) electrons. The molecule has 0 spiro atoms. The highest BCUT2D eigenvalue weighted by molar-refractivity contribution is 9.10. The zero-order valence-electron chi connectivity index (χ0n) is 9.16. The summed E-state index contributed by atoms with van der Waals surface area (Å²) < 4.78 is 0.725. The normalized spacial score (nSPS) is 18.7. The van der Waals surface area contributed by atoms with E-state index in [1.807, 2.05) is 6.07 Å². The Bertz CT molecular complexity index is 475. The maximum absolute atomic E-state index is 11.9. The van der Waals surface area contributed by atoms with Crippen molar-refractivity contribution in [3.63, 3.8) is 0 Å². The number of carbonyl (C=O) groups is 1. The minimum absolute atomic E-state index is 0.0205. The van der Waals surface area contributed by atoms with E-state index in [1.165, 1.54) is 0 Å². The van der Waals surface area contributed by atoms with Crippen LogP contribution in [0.25, 0.3) is 0 Å². The van der Waals surface area contributed by atoms with Crippen LogP contribution < -0.4 is 10.6 Å². The number of nitrogens with one attached hydrogen (secondary N) is 2. The van der Waals surface area contributed by atoms with Crippen LogP contribution >= 0.6 is 15.9 Å². The maximum Gasteiger partial charge on any atom is 0.241 e. The smallest absolute Gasteiger partial charge is 0.241 e. The van der Waals surface area contributed by atoms with E-state index < -0.39 is 0 Å². The van der Waals surface area contributed by atoms with E-state index >= 15 is 0 Å². The van der Waals surface area contributed by atoms with Crippen LogP contribution in [-0.2, 0) is 4.79 Å². The number of nitrogens with zero attached hydrogens (tertiary/aromatic N) is 1. The molecule has 0 saturated carbocycles. The van der Waals surface area contributed by atoms with Gasteiger partial charge >= 0.3 is 0 Å². The Morgan fingerprint density at radius 2 is 2.41 bits per heavy atom. The Labute approximate surface area is 108 Å². The fourth-order valence-corrected chi connectivity index (χ4v) is 2.29. The standard InChI is InChI=1S/C12H12BrN3O/c13-9-6-8(7-14)3-4-10(9)16-12(17)11-2-1-5-15-11/h3-4,6,11,15H,1-2,5H2,(H,16,17). The molecule has 2 rings (SSSR count). The lowest BCUT2D eigenvalue weighted by Gasteiger charge is -2.12. The van der Waals surface area contributed by atoms with E-state index in [1.54, 1.807) is 18.2 Å². The molecule has 0 aliphatic carbocycles. The quantitative estimate of drug-likeness (QED) is 0.877. The molecule has 5 heteroatoms. The van der Waals surface area contributed by atoms with E-state index in [0.29, 0.717) is 11.3 Å². The van der Waals surface area contributed by atoms with E-state index in [9.17, 15) is 4.79 Å². The fourth-order valence-electron chi connectivity index (χ4n) is 1.81. The number of amides is 1. The van der Waals surface area contributed by atoms with Crippen molar-refractivity contribution in [2.24, 2.45) is 0 Å². The van der Waals surface area contributed by atoms with Gasteiger partial charge in [0.25, 0.3) is 0 Å². The van der Waals surface area contributed by atoms with Gasteiger partial charge in [0.1, 0.15) is 0 Å². The van der Waals surface area contributed by atoms with Gasteiger partial charge in [-0.3, -0.25) is 4.79 Å². The summed E-state index contributed by atoms with van der Waals surface area (Å²) in [5.41, 5.74) is 1.26. The minimum Gasteiger partial charge on any atom is -0.324 e. The van der Waals surface area contributed by atoms with Gasteiger partial charge < -0.3 is 10.6 Å². The van der Waals surface area contributed by atoms with Gasteiger partial charge in [-0.1, -0.05) is 0 Å². The molecule has 17 heavy (non-hydrogen) atoms. The number of benzene rings is 1. The van der Waals surface area contributed by atoms with E-state index in [0.717, 1.165) is 23.9 Å². The van der Waals surface area contributed by atoms with Crippen LogP contribution in [0.4, 0.5) is 5.69 Å². The van der Waals surface area contributed by atoms with Crippen LogP contribution in [0.3, 0.4) is 0 Å². The van der Waals surface area contributed by atoms with Crippen molar-refractivity contribution in [3.8, 4) is 6.07 Å². The molecule has 1 fully saturated rings. The summed E-state index contributed by atoms with van der Waals surface area (Å²) in [6, 6.07) is 7.06. The third-order valence-corrected chi connectivity index (χ3v) is 3.39. The van der Waals surface area contributed by atoms with Gasteiger partial charge in [0.2, 0.25) is 5.91 Å². The summed E-state index contributed by atoms with van der Waals surface area (Å²) >= 11 is 3.34. The van der Waals surface area contributed by atoms with Crippen LogP contribution in [0.2, 0.25) is 0 Å². The first-order valence-corrected chi connectivity index (χ1v) is 6.24. The number of anilines is 1. The Morgan fingerprint density at radius 1 is 1.59 bits per heavy atom. The zero-order chi connectivity index (χ0) is 12.3. The van der Waals surface area contributed by atoms with Gasteiger partial charge in [-0.2, -0.15) is 5.26 Å². The van der Waals surface area contributed by atoms with Crippen LogP contribution in [-0.4, -0.2) is 18.5 Å². The van der Waals surface area contributed by atoms with Crippen molar-refractivity contribution in [1.82, 2.24) is 5.32 Å². The molecule has 1 amide bonds. The van der Waals surface area contributed by atoms with Gasteiger partial charge in [-0.15, -0.1) is 0 Å². The molecule has 2 N–H and O–H groups in total. The number of hydrogen-bond donors (Lipinski definition) is 2. The highest BCUT2D eigenvalue weighted by atomic mass is 79.9. The Morgan fingerprint density at radius 3 is 3.00 bits per heavy atom. The van der Waals surface area contributed by atoms with Gasteiger partial charge in [-0.05, 0) is 53.5 Å². The topological polar surface area (TPSA) is 64.9 Å². The lowest BCUT2D eigenvalue weighted by atomic mass is 10.2. The zero-order valence-corrected chi connectivity index (χ0v) is 10.8. The van der Waals surface area contributed by atoms with E-state index in [4.69, 9.17) is 5.26 Å². The Hall–Kier alpha value is -1.38. The molecule has 1 aliphatic heterocycles.